The molecule has 0 bridgehead atoms. The van der Waals surface area contributed by atoms with E-state index in [9.17, 15) is 19.1 Å². The van der Waals surface area contributed by atoms with Gasteiger partial charge in [-0.3, -0.25) is 4.79 Å². The van der Waals surface area contributed by atoms with Crippen molar-refractivity contribution < 1.29 is 19.1 Å². The van der Waals surface area contributed by atoms with Gasteiger partial charge in [0.2, 0.25) is 0 Å². The molecule has 1 aliphatic carbocycles. The number of halogens is 1. The molecule has 4 rings (SSSR count). The highest BCUT2D eigenvalue weighted by Gasteiger charge is 2.50. The van der Waals surface area contributed by atoms with Crippen LogP contribution in [0.15, 0.2) is 84.9 Å². The van der Waals surface area contributed by atoms with Gasteiger partial charge in [0.25, 0.3) is 8.32 Å². The summed E-state index contributed by atoms with van der Waals surface area (Å²) in [5, 5.41) is 11.3. The predicted octanol–water partition coefficient (Wildman–Crippen LogP) is 6.11. The summed E-state index contributed by atoms with van der Waals surface area (Å²) < 4.78 is 13.5. The van der Waals surface area contributed by atoms with Crippen molar-refractivity contribution in [3.8, 4) is 0 Å². The van der Waals surface area contributed by atoms with Gasteiger partial charge in [-0.05, 0) is 70.1 Å². The summed E-state index contributed by atoms with van der Waals surface area (Å²) in [4.78, 5) is 24.1. The third kappa shape index (κ3) is 5.63. The van der Waals surface area contributed by atoms with Crippen molar-refractivity contribution >= 4 is 24.7 Å². The van der Waals surface area contributed by atoms with Crippen LogP contribution in [-0.2, 0) is 4.79 Å². The van der Waals surface area contributed by atoms with Crippen molar-refractivity contribution in [1.29, 1.82) is 0 Å². The zero-order valence-electron chi connectivity index (χ0n) is 21.2. The smallest absolute Gasteiger partial charge is 0.303 e. The van der Waals surface area contributed by atoms with E-state index in [1.165, 1.54) is 12.1 Å². The molecule has 0 amide bonds. The third-order valence-electron chi connectivity index (χ3n) is 8.31. The number of carbonyl (C=O) groups is 1. The molecule has 0 saturated heterocycles. The van der Waals surface area contributed by atoms with Crippen LogP contribution in [0.1, 0.15) is 63.9 Å². The number of aliphatic carboxylic acids is 1. The van der Waals surface area contributed by atoms with Crippen molar-refractivity contribution in [3.63, 3.8) is 0 Å². The molecule has 36 heavy (non-hydrogen) atoms. The second-order valence-electron chi connectivity index (χ2n) is 11.1. The van der Waals surface area contributed by atoms with E-state index in [1.54, 1.807) is 12.1 Å². The molecule has 2 N–H and O–H groups in total. The summed E-state index contributed by atoms with van der Waals surface area (Å²) in [7, 11) is -3.05. The monoisotopic (exact) mass is 504 g/mol. The number of hydrogen-bond acceptors (Lipinski definition) is 2. The summed E-state index contributed by atoms with van der Waals surface area (Å²) in [6.45, 7) is 4.44. The molecule has 1 fully saturated rings. The quantitative estimate of drug-likeness (QED) is 0.346. The Kier molecular flexibility index (Phi) is 8.11. The fourth-order valence-electron chi connectivity index (χ4n) is 6.43. The second-order valence-corrected chi connectivity index (χ2v) is 15.0. The van der Waals surface area contributed by atoms with Gasteiger partial charge in [0.05, 0.1) is 6.42 Å². The van der Waals surface area contributed by atoms with E-state index in [0.29, 0.717) is 5.92 Å². The largest absolute Gasteiger partial charge is 0.481 e. The van der Waals surface area contributed by atoms with Crippen molar-refractivity contribution in [3.05, 3.63) is 96.3 Å². The summed E-state index contributed by atoms with van der Waals surface area (Å²) in [5.74, 6) is -0.467. The molecule has 0 aliphatic heterocycles. The van der Waals surface area contributed by atoms with Crippen LogP contribution >= 0.6 is 0 Å². The van der Waals surface area contributed by atoms with Gasteiger partial charge < -0.3 is 9.90 Å². The lowest BCUT2D eigenvalue weighted by Crippen LogP contribution is -2.65. The van der Waals surface area contributed by atoms with Crippen LogP contribution in [-0.4, -0.2) is 24.2 Å². The van der Waals surface area contributed by atoms with Gasteiger partial charge in [-0.2, -0.15) is 0 Å². The normalized spacial score (nSPS) is 19.6. The molecule has 0 aromatic heterocycles. The predicted molar refractivity (Wildman–Crippen MR) is 146 cm³/mol. The summed E-state index contributed by atoms with van der Waals surface area (Å²) in [6, 6.07) is 26.6. The molecular weight excluding hydrogens is 467 g/mol. The van der Waals surface area contributed by atoms with E-state index in [4.69, 9.17) is 0 Å². The molecular formula is C31H37FO3Si. The molecule has 3 nitrogen and oxygen atoms in total. The SMILES string of the molecule is CC(C)(C[C@H]1CC[C@H]([C@@H](CC(=O)O)c2ccc(F)cc2)CC1)[Si](O)(c1ccccc1)c1ccccc1. The Morgan fingerprint density at radius 2 is 1.39 bits per heavy atom. The lowest BCUT2D eigenvalue weighted by molar-refractivity contribution is -0.137. The van der Waals surface area contributed by atoms with Crippen molar-refractivity contribution in [2.75, 3.05) is 0 Å². The molecule has 0 heterocycles. The lowest BCUT2D eigenvalue weighted by Gasteiger charge is -2.44. The van der Waals surface area contributed by atoms with Gasteiger partial charge in [-0.15, -0.1) is 0 Å². The Labute approximate surface area is 215 Å². The van der Waals surface area contributed by atoms with Crippen LogP contribution in [0.2, 0.25) is 5.04 Å². The summed E-state index contributed by atoms with van der Waals surface area (Å²) in [5.41, 5.74) is 0.914. The van der Waals surface area contributed by atoms with Gasteiger partial charge in [0, 0.05) is 0 Å². The van der Waals surface area contributed by atoms with Crippen LogP contribution in [0.3, 0.4) is 0 Å². The Morgan fingerprint density at radius 1 is 0.889 bits per heavy atom. The standard InChI is InChI=1S/C31H37FO3Si/c1-31(2,36(35,27-9-5-3-6-10-27)28-11-7-4-8-12-28)22-23-13-15-24(16-14-23)29(21-30(33)34)25-17-19-26(32)20-18-25/h3-12,17-20,23-24,29,35H,13-16,21-22H2,1-2H3,(H,33,34)/t23-,24-,29-/m1/s1. The van der Waals surface area contributed by atoms with Crippen LogP contribution in [0.4, 0.5) is 4.39 Å². The fourth-order valence-corrected chi connectivity index (χ4v) is 10.3. The molecule has 0 radical (unpaired) electrons. The summed E-state index contributed by atoms with van der Waals surface area (Å²) in [6.07, 6.45) is 4.92. The summed E-state index contributed by atoms with van der Waals surface area (Å²) >= 11 is 0. The highest BCUT2D eigenvalue weighted by Crippen LogP contribution is 2.47. The average Bonchev–Trinajstić information content (AvgIpc) is 2.88. The second kappa shape index (κ2) is 11.1. The zero-order valence-corrected chi connectivity index (χ0v) is 22.2. The topological polar surface area (TPSA) is 57.5 Å². The van der Waals surface area contributed by atoms with Gasteiger partial charge in [-0.1, -0.05) is 99.5 Å². The number of benzene rings is 3. The maximum atomic E-state index is 13.5. The number of carboxylic acid groups (broad SMARTS) is 1. The van der Waals surface area contributed by atoms with Crippen LogP contribution in [0.25, 0.3) is 0 Å². The average molecular weight is 505 g/mol. The van der Waals surface area contributed by atoms with Crippen LogP contribution in [0, 0.1) is 17.7 Å². The van der Waals surface area contributed by atoms with Crippen LogP contribution < -0.4 is 10.4 Å². The Bertz CT molecular complexity index is 1080. The molecule has 0 spiro atoms. The van der Waals surface area contributed by atoms with Crippen LogP contribution in [0.5, 0.6) is 0 Å². The zero-order chi connectivity index (χ0) is 25.8. The minimum absolute atomic E-state index is 0.0706. The Morgan fingerprint density at radius 3 is 1.86 bits per heavy atom. The molecule has 1 aliphatic rings. The number of carboxylic acids is 1. The Balaban J connectivity index is 1.51. The minimum Gasteiger partial charge on any atom is -0.481 e. The first-order valence-electron chi connectivity index (χ1n) is 13.0. The lowest BCUT2D eigenvalue weighted by atomic mass is 9.71. The third-order valence-corrected chi connectivity index (χ3v) is 12.8. The first-order chi connectivity index (χ1) is 17.2. The Hall–Kier alpha value is -2.76. The first-order valence-corrected chi connectivity index (χ1v) is 15.0. The maximum Gasteiger partial charge on any atom is 0.303 e. The molecule has 1 atom stereocenters. The highest BCUT2D eigenvalue weighted by atomic mass is 28.4. The van der Waals surface area contributed by atoms with Gasteiger partial charge in [-0.25, -0.2) is 4.39 Å². The van der Waals surface area contributed by atoms with Gasteiger partial charge in [0.1, 0.15) is 5.82 Å². The molecule has 1 saturated carbocycles. The van der Waals surface area contributed by atoms with Crippen molar-refractivity contribution in [2.24, 2.45) is 11.8 Å². The van der Waals surface area contributed by atoms with E-state index in [-0.39, 0.29) is 29.1 Å². The van der Waals surface area contributed by atoms with E-state index >= 15 is 0 Å². The molecule has 0 unspecified atom stereocenters. The maximum absolute atomic E-state index is 13.5. The number of rotatable bonds is 9. The van der Waals surface area contributed by atoms with E-state index in [0.717, 1.165) is 48.0 Å². The van der Waals surface area contributed by atoms with Gasteiger partial charge >= 0.3 is 5.97 Å². The highest BCUT2D eigenvalue weighted by molar-refractivity contribution is 6.98. The minimum atomic E-state index is -3.05. The van der Waals surface area contributed by atoms with E-state index in [1.807, 2.05) is 36.4 Å². The van der Waals surface area contributed by atoms with Crippen molar-refractivity contribution in [1.82, 2.24) is 0 Å². The fraction of sp³-hybridized carbons (Fsp3) is 0.387. The first kappa shape index (κ1) is 26.3. The van der Waals surface area contributed by atoms with E-state index < -0.39 is 14.3 Å². The molecule has 3 aromatic carbocycles. The van der Waals surface area contributed by atoms with Crippen molar-refractivity contribution in [2.45, 2.75) is 63.3 Å². The van der Waals surface area contributed by atoms with E-state index in [2.05, 4.69) is 38.1 Å². The van der Waals surface area contributed by atoms with Gasteiger partial charge in [0.15, 0.2) is 0 Å². The molecule has 190 valence electrons. The molecule has 3 aromatic rings. The number of hydrogen-bond donors (Lipinski definition) is 2. The molecule has 5 heteroatoms.